The molecule has 0 atom stereocenters. The summed E-state index contributed by atoms with van der Waals surface area (Å²) >= 11 is 6.15. The van der Waals surface area contributed by atoms with Crippen molar-refractivity contribution in [1.82, 2.24) is 15.0 Å². The van der Waals surface area contributed by atoms with Crippen LogP contribution in [-0.2, 0) is 0 Å². The van der Waals surface area contributed by atoms with Crippen LogP contribution in [-0.4, -0.2) is 34.6 Å². The van der Waals surface area contributed by atoms with Gasteiger partial charge in [0.25, 0.3) is 0 Å². The van der Waals surface area contributed by atoms with Crippen LogP contribution >= 0.6 is 11.6 Å². The molecule has 1 aromatic rings. The molecule has 0 aliphatic heterocycles. The Labute approximate surface area is 159 Å². The first-order valence-electron chi connectivity index (χ1n) is 10.1. The maximum Gasteiger partial charge on any atom is 0.231 e. The van der Waals surface area contributed by atoms with Crippen LogP contribution in [0, 0.1) is 0 Å². The minimum Gasteiger partial charge on any atom is -0.354 e. The molecule has 25 heavy (non-hydrogen) atoms. The number of hydrogen-bond acceptors (Lipinski definition) is 5. The van der Waals surface area contributed by atoms with Crippen LogP contribution in [0.1, 0.15) is 85.0 Å². The molecule has 0 radical (unpaired) electrons. The highest BCUT2D eigenvalue weighted by Gasteiger charge is 2.13. The Bertz CT molecular complexity index is 443. The lowest BCUT2D eigenvalue weighted by Crippen LogP contribution is -2.28. The Morgan fingerprint density at radius 3 is 1.92 bits per heavy atom. The molecule has 5 nitrogen and oxygen atoms in total. The zero-order valence-electron chi connectivity index (χ0n) is 16.4. The number of anilines is 2. The Morgan fingerprint density at radius 2 is 1.36 bits per heavy atom. The molecule has 0 amide bonds. The van der Waals surface area contributed by atoms with Gasteiger partial charge in [-0.05, 0) is 30.9 Å². The van der Waals surface area contributed by atoms with E-state index in [0.29, 0.717) is 11.9 Å². The van der Waals surface area contributed by atoms with Crippen molar-refractivity contribution in [2.45, 2.75) is 85.0 Å². The smallest absolute Gasteiger partial charge is 0.231 e. The summed E-state index contributed by atoms with van der Waals surface area (Å²) in [7, 11) is 0. The summed E-state index contributed by atoms with van der Waals surface area (Å²) in [5.74, 6) is 1.31. The van der Waals surface area contributed by atoms with Crippen LogP contribution in [0.2, 0.25) is 5.28 Å². The lowest BCUT2D eigenvalue weighted by Gasteiger charge is -2.23. The molecule has 1 aromatic heterocycles. The van der Waals surface area contributed by atoms with Crippen LogP contribution in [0.5, 0.6) is 0 Å². The van der Waals surface area contributed by atoms with E-state index in [1.54, 1.807) is 0 Å². The van der Waals surface area contributed by atoms with Crippen molar-refractivity contribution < 1.29 is 0 Å². The Hall–Kier alpha value is -1.10. The molecule has 0 aliphatic carbocycles. The number of hydrogen-bond donors (Lipinski definition) is 1. The van der Waals surface area contributed by atoms with Crippen molar-refractivity contribution in [2.75, 3.05) is 29.9 Å². The number of rotatable bonds is 15. The second-order valence-corrected chi connectivity index (χ2v) is 6.95. The second kappa shape index (κ2) is 14.1. The highest BCUT2D eigenvalue weighted by atomic mass is 35.5. The van der Waals surface area contributed by atoms with E-state index >= 15 is 0 Å². The van der Waals surface area contributed by atoms with Gasteiger partial charge in [-0.2, -0.15) is 15.0 Å². The van der Waals surface area contributed by atoms with Gasteiger partial charge in [-0.1, -0.05) is 65.7 Å². The third kappa shape index (κ3) is 9.83. The molecule has 0 bridgehead atoms. The molecule has 1 rings (SSSR count). The summed E-state index contributed by atoms with van der Waals surface area (Å²) in [6.45, 7) is 9.48. The quantitative estimate of drug-likeness (QED) is 0.401. The fourth-order valence-corrected chi connectivity index (χ4v) is 2.86. The molecule has 144 valence electrons. The van der Waals surface area contributed by atoms with E-state index in [0.717, 1.165) is 32.5 Å². The molecule has 0 saturated heterocycles. The van der Waals surface area contributed by atoms with Gasteiger partial charge in [0.15, 0.2) is 0 Å². The van der Waals surface area contributed by atoms with Crippen molar-refractivity contribution in [2.24, 2.45) is 0 Å². The second-order valence-electron chi connectivity index (χ2n) is 6.62. The SMILES string of the molecule is CCCCCCN(CCCCCC)c1nc(Cl)nc(NCCCC)n1. The van der Waals surface area contributed by atoms with Crippen molar-refractivity contribution in [3.8, 4) is 0 Å². The van der Waals surface area contributed by atoms with Gasteiger partial charge in [0.1, 0.15) is 0 Å². The topological polar surface area (TPSA) is 53.9 Å². The van der Waals surface area contributed by atoms with Crippen molar-refractivity contribution >= 4 is 23.5 Å². The first-order chi connectivity index (χ1) is 12.2. The lowest BCUT2D eigenvalue weighted by molar-refractivity contribution is 0.600. The van der Waals surface area contributed by atoms with Gasteiger partial charge in [0.05, 0.1) is 0 Å². The fourth-order valence-electron chi connectivity index (χ4n) is 2.71. The van der Waals surface area contributed by atoms with Crippen molar-refractivity contribution in [1.29, 1.82) is 0 Å². The number of nitrogens with one attached hydrogen (secondary N) is 1. The predicted octanol–water partition coefficient (Wildman–Crippen LogP) is 5.70. The molecule has 0 spiro atoms. The lowest BCUT2D eigenvalue weighted by atomic mass is 10.2. The zero-order valence-corrected chi connectivity index (χ0v) is 17.1. The molecule has 0 aromatic carbocycles. The molecular weight excluding hydrogens is 334 g/mol. The molecule has 1 heterocycles. The van der Waals surface area contributed by atoms with E-state index in [1.165, 1.54) is 51.4 Å². The normalized spacial score (nSPS) is 10.9. The third-order valence-electron chi connectivity index (χ3n) is 4.26. The Morgan fingerprint density at radius 1 is 0.760 bits per heavy atom. The van der Waals surface area contributed by atoms with Gasteiger partial charge >= 0.3 is 0 Å². The summed E-state index contributed by atoms with van der Waals surface area (Å²) in [5.41, 5.74) is 0. The largest absolute Gasteiger partial charge is 0.354 e. The maximum atomic E-state index is 6.15. The number of aromatic nitrogens is 3. The van der Waals surface area contributed by atoms with Crippen molar-refractivity contribution in [3.63, 3.8) is 0 Å². The minimum atomic E-state index is 0.274. The van der Waals surface area contributed by atoms with Crippen LogP contribution < -0.4 is 10.2 Å². The standard InChI is InChI=1S/C19H36ClN5/c1-4-7-10-12-15-25(16-13-11-8-5-2)19-23-17(20)22-18(24-19)21-14-9-6-3/h4-16H2,1-3H3,(H,21,22,23,24). The number of unbranched alkanes of at least 4 members (excludes halogenated alkanes) is 7. The monoisotopic (exact) mass is 369 g/mol. The van der Waals surface area contributed by atoms with Gasteiger partial charge in [-0.3, -0.25) is 0 Å². The molecule has 1 N–H and O–H groups in total. The summed E-state index contributed by atoms with van der Waals surface area (Å²) in [5, 5.41) is 3.54. The number of halogens is 1. The van der Waals surface area contributed by atoms with E-state index in [9.17, 15) is 0 Å². The van der Waals surface area contributed by atoms with Crippen molar-refractivity contribution in [3.05, 3.63) is 5.28 Å². The highest BCUT2D eigenvalue weighted by molar-refractivity contribution is 6.28. The molecule has 6 heteroatoms. The molecule has 0 fully saturated rings. The zero-order chi connectivity index (χ0) is 18.3. The Balaban J connectivity index is 2.71. The molecule has 0 aliphatic rings. The molecule has 0 unspecified atom stereocenters. The van der Waals surface area contributed by atoms with Gasteiger partial charge in [0.2, 0.25) is 17.2 Å². The van der Waals surface area contributed by atoms with E-state index in [1.807, 2.05) is 0 Å². The van der Waals surface area contributed by atoms with E-state index < -0.39 is 0 Å². The summed E-state index contributed by atoms with van der Waals surface area (Å²) in [6, 6.07) is 0. The van der Waals surface area contributed by atoms with Gasteiger partial charge in [0, 0.05) is 19.6 Å². The summed E-state index contributed by atoms with van der Waals surface area (Å²) < 4.78 is 0. The highest BCUT2D eigenvalue weighted by Crippen LogP contribution is 2.16. The van der Waals surface area contributed by atoms with E-state index in [-0.39, 0.29) is 5.28 Å². The Kier molecular flexibility index (Phi) is 12.4. The molecule has 0 saturated carbocycles. The van der Waals surface area contributed by atoms with E-state index in [2.05, 4.69) is 45.9 Å². The predicted molar refractivity (Wildman–Crippen MR) is 109 cm³/mol. The van der Waals surface area contributed by atoms with Gasteiger partial charge in [-0.15, -0.1) is 0 Å². The van der Waals surface area contributed by atoms with Crippen LogP contribution in [0.25, 0.3) is 0 Å². The summed E-state index contributed by atoms with van der Waals surface area (Å²) in [6.07, 6.45) is 12.1. The van der Waals surface area contributed by atoms with Gasteiger partial charge < -0.3 is 10.2 Å². The summed E-state index contributed by atoms with van der Waals surface area (Å²) in [4.78, 5) is 15.5. The molecular formula is C19H36ClN5. The first-order valence-corrected chi connectivity index (χ1v) is 10.5. The minimum absolute atomic E-state index is 0.274. The van der Waals surface area contributed by atoms with Crippen LogP contribution in [0.15, 0.2) is 0 Å². The van der Waals surface area contributed by atoms with Crippen LogP contribution in [0.3, 0.4) is 0 Å². The van der Waals surface area contributed by atoms with Crippen LogP contribution in [0.4, 0.5) is 11.9 Å². The average Bonchev–Trinajstić information content (AvgIpc) is 2.60. The third-order valence-corrected chi connectivity index (χ3v) is 4.42. The fraction of sp³-hybridized carbons (Fsp3) is 0.842. The average molecular weight is 370 g/mol. The maximum absolute atomic E-state index is 6.15. The first kappa shape index (κ1) is 21.9. The van der Waals surface area contributed by atoms with Gasteiger partial charge in [-0.25, -0.2) is 0 Å². The number of nitrogens with zero attached hydrogens (tertiary/aromatic N) is 4. The van der Waals surface area contributed by atoms with E-state index in [4.69, 9.17) is 11.6 Å².